The summed E-state index contributed by atoms with van der Waals surface area (Å²) in [6.07, 6.45) is 0. The molecular formula is C11H15NO4S2. The van der Waals surface area contributed by atoms with Crippen molar-refractivity contribution in [3.8, 4) is 0 Å². The highest BCUT2D eigenvalue weighted by Crippen LogP contribution is 2.27. The fourth-order valence-electron chi connectivity index (χ4n) is 2.00. The molecule has 2 heterocycles. The van der Waals surface area contributed by atoms with E-state index < -0.39 is 21.8 Å². The van der Waals surface area contributed by atoms with Crippen LogP contribution in [0, 0.1) is 6.92 Å². The number of hydrogen-bond acceptors (Lipinski definition) is 6. The molecule has 0 saturated carbocycles. The Morgan fingerprint density at radius 1 is 1.44 bits per heavy atom. The van der Waals surface area contributed by atoms with Crippen LogP contribution in [0.1, 0.15) is 15.8 Å². The summed E-state index contributed by atoms with van der Waals surface area (Å²) in [5, 5.41) is 3.05. The van der Waals surface area contributed by atoms with Gasteiger partial charge in [-0.25, -0.2) is 8.42 Å². The zero-order valence-electron chi connectivity index (χ0n) is 10.2. The third kappa shape index (κ3) is 2.90. The summed E-state index contributed by atoms with van der Waals surface area (Å²) in [5.74, 6) is -0.697. The Bertz CT molecular complexity index is 549. The van der Waals surface area contributed by atoms with Crippen molar-refractivity contribution < 1.29 is 17.9 Å². The van der Waals surface area contributed by atoms with Gasteiger partial charge in [0.05, 0.1) is 24.7 Å². The van der Waals surface area contributed by atoms with Gasteiger partial charge in [0.25, 0.3) is 0 Å². The van der Waals surface area contributed by atoms with E-state index in [1.165, 1.54) is 18.4 Å². The van der Waals surface area contributed by atoms with Crippen molar-refractivity contribution >= 4 is 27.1 Å². The molecule has 0 spiro atoms. The Labute approximate surface area is 110 Å². The fraction of sp³-hybridized carbons (Fsp3) is 0.545. The summed E-state index contributed by atoms with van der Waals surface area (Å²) in [4.78, 5) is 13.5. The van der Waals surface area contributed by atoms with Crippen molar-refractivity contribution in [2.75, 3.05) is 18.6 Å². The molecule has 1 aromatic rings. The first kappa shape index (κ1) is 13.5. The van der Waals surface area contributed by atoms with E-state index in [-0.39, 0.29) is 17.5 Å². The average Bonchev–Trinajstić information content (AvgIpc) is 2.72. The normalized spacial score (nSPS) is 26.8. The third-order valence-electron chi connectivity index (χ3n) is 2.83. The Morgan fingerprint density at radius 2 is 2.17 bits per heavy atom. The second-order valence-corrected chi connectivity index (χ2v) is 7.79. The largest absolute Gasteiger partial charge is 0.468 e. The van der Waals surface area contributed by atoms with Crippen molar-refractivity contribution in [2.45, 2.75) is 19.0 Å². The summed E-state index contributed by atoms with van der Waals surface area (Å²) >= 11 is 1.54. The highest BCUT2D eigenvalue weighted by molar-refractivity contribution is 7.91. The number of hydrogen-bond donors (Lipinski definition) is 1. The predicted molar refractivity (Wildman–Crippen MR) is 69.4 cm³/mol. The van der Waals surface area contributed by atoms with Gasteiger partial charge < -0.3 is 4.74 Å². The topological polar surface area (TPSA) is 72.5 Å². The lowest BCUT2D eigenvalue weighted by Gasteiger charge is -2.28. The number of ether oxygens (including phenoxy) is 1. The quantitative estimate of drug-likeness (QED) is 0.810. The number of esters is 1. The fourth-order valence-corrected chi connectivity index (χ4v) is 4.70. The van der Waals surface area contributed by atoms with Crippen LogP contribution in [0.3, 0.4) is 0 Å². The number of methoxy groups -OCH3 is 1. The van der Waals surface area contributed by atoms with Crippen LogP contribution >= 0.6 is 11.3 Å². The molecule has 1 aliphatic rings. The molecule has 7 heteroatoms. The Hall–Kier alpha value is -0.920. The first-order valence-corrected chi connectivity index (χ1v) is 8.16. The van der Waals surface area contributed by atoms with E-state index in [9.17, 15) is 13.2 Å². The van der Waals surface area contributed by atoms with Gasteiger partial charge >= 0.3 is 5.97 Å². The van der Waals surface area contributed by atoms with Crippen molar-refractivity contribution in [3.05, 3.63) is 21.9 Å². The number of carbonyl (C=O) groups excluding carboxylic acids is 1. The molecule has 1 aliphatic heterocycles. The van der Waals surface area contributed by atoms with Crippen molar-refractivity contribution in [1.29, 1.82) is 0 Å². The summed E-state index contributed by atoms with van der Waals surface area (Å²) < 4.78 is 28.3. The number of carbonyl (C=O) groups is 1. The maximum Gasteiger partial charge on any atom is 0.323 e. The predicted octanol–water partition coefficient (Wildman–Crippen LogP) is 0.657. The SMILES string of the molecule is COC(=O)C1CS(=O)(=O)CC(c2ccc(C)s2)N1. The van der Waals surface area contributed by atoms with Crippen LogP contribution in [0.5, 0.6) is 0 Å². The number of aryl methyl sites for hydroxylation is 1. The summed E-state index contributed by atoms with van der Waals surface area (Å²) in [5.41, 5.74) is 0. The lowest BCUT2D eigenvalue weighted by Crippen LogP contribution is -2.51. The molecule has 2 rings (SSSR count). The van der Waals surface area contributed by atoms with E-state index >= 15 is 0 Å². The minimum Gasteiger partial charge on any atom is -0.468 e. The van der Waals surface area contributed by atoms with E-state index in [0.717, 1.165) is 9.75 Å². The smallest absolute Gasteiger partial charge is 0.323 e. The van der Waals surface area contributed by atoms with Gasteiger partial charge in [0.2, 0.25) is 0 Å². The Morgan fingerprint density at radius 3 is 2.72 bits per heavy atom. The number of rotatable bonds is 2. The average molecular weight is 289 g/mol. The Kier molecular flexibility index (Phi) is 3.74. The van der Waals surface area contributed by atoms with Crippen LogP contribution in [0.25, 0.3) is 0 Å². The molecular weight excluding hydrogens is 274 g/mol. The molecule has 0 aliphatic carbocycles. The molecule has 1 saturated heterocycles. The van der Waals surface area contributed by atoms with Gasteiger partial charge in [0, 0.05) is 9.75 Å². The van der Waals surface area contributed by atoms with Gasteiger partial charge in [-0.3, -0.25) is 10.1 Å². The van der Waals surface area contributed by atoms with E-state index in [2.05, 4.69) is 10.1 Å². The first-order valence-electron chi connectivity index (χ1n) is 5.52. The Balaban J connectivity index is 2.24. The molecule has 0 bridgehead atoms. The third-order valence-corrected chi connectivity index (χ3v) is 5.63. The molecule has 1 N–H and O–H groups in total. The van der Waals surface area contributed by atoms with E-state index in [1.807, 2.05) is 19.1 Å². The van der Waals surface area contributed by atoms with Crippen LogP contribution in [-0.4, -0.2) is 39.0 Å². The van der Waals surface area contributed by atoms with Gasteiger partial charge in [-0.05, 0) is 19.1 Å². The molecule has 100 valence electrons. The molecule has 1 fully saturated rings. The van der Waals surface area contributed by atoms with Crippen LogP contribution < -0.4 is 5.32 Å². The molecule has 5 nitrogen and oxygen atoms in total. The number of nitrogens with one attached hydrogen (secondary N) is 1. The van der Waals surface area contributed by atoms with Crippen LogP contribution in [0.4, 0.5) is 0 Å². The van der Waals surface area contributed by atoms with E-state index in [4.69, 9.17) is 0 Å². The zero-order chi connectivity index (χ0) is 13.3. The lowest BCUT2D eigenvalue weighted by molar-refractivity contribution is -0.142. The van der Waals surface area contributed by atoms with E-state index in [1.54, 1.807) is 0 Å². The molecule has 2 atom stereocenters. The first-order chi connectivity index (χ1) is 8.41. The van der Waals surface area contributed by atoms with Gasteiger partial charge in [0.15, 0.2) is 9.84 Å². The van der Waals surface area contributed by atoms with Gasteiger partial charge in [0.1, 0.15) is 6.04 Å². The van der Waals surface area contributed by atoms with Crippen molar-refractivity contribution in [2.24, 2.45) is 0 Å². The summed E-state index contributed by atoms with van der Waals surface area (Å²) in [7, 11) is -1.97. The van der Waals surface area contributed by atoms with Crippen molar-refractivity contribution in [1.82, 2.24) is 5.32 Å². The monoisotopic (exact) mass is 289 g/mol. The number of sulfone groups is 1. The van der Waals surface area contributed by atoms with Crippen molar-refractivity contribution in [3.63, 3.8) is 0 Å². The standard InChI is InChI=1S/C11H15NO4S2/c1-7-3-4-10(17-7)8-5-18(14,15)6-9(12-8)11(13)16-2/h3-4,8-9,12H,5-6H2,1-2H3. The summed E-state index contributed by atoms with van der Waals surface area (Å²) in [6.45, 7) is 1.96. The molecule has 0 aromatic carbocycles. The lowest BCUT2D eigenvalue weighted by atomic mass is 10.2. The van der Waals surface area contributed by atoms with Crippen LogP contribution in [0.2, 0.25) is 0 Å². The maximum atomic E-state index is 11.8. The van der Waals surface area contributed by atoms with Crippen LogP contribution in [0.15, 0.2) is 12.1 Å². The highest BCUT2D eigenvalue weighted by atomic mass is 32.2. The molecule has 1 aromatic heterocycles. The van der Waals surface area contributed by atoms with Crippen LogP contribution in [-0.2, 0) is 19.4 Å². The highest BCUT2D eigenvalue weighted by Gasteiger charge is 2.36. The van der Waals surface area contributed by atoms with Gasteiger partial charge in [-0.15, -0.1) is 11.3 Å². The maximum absolute atomic E-state index is 11.8. The summed E-state index contributed by atoms with van der Waals surface area (Å²) in [6, 6.07) is 2.73. The number of thiophene rings is 1. The molecule has 0 radical (unpaired) electrons. The van der Waals surface area contributed by atoms with E-state index in [0.29, 0.717) is 0 Å². The second kappa shape index (κ2) is 4.99. The second-order valence-electron chi connectivity index (χ2n) is 4.32. The zero-order valence-corrected chi connectivity index (χ0v) is 11.8. The minimum absolute atomic E-state index is 0.0282. The minimum atomic E-state index is -3.23. The molecule has 18 heavy (non-hydrogen) atoms. The molecule has 2 unspecified atom stereocenters. The van der Waals surface area contributed by atoms with Gasteiger partial charge in [-0.2, -0.15) is 0 Å². The van der Waals surface area contributed by atoms with Gasteiger partial charge in [-0.1, -0.05) is 0 Å². The molecule has 0 amide bonds.